The smallest absolute Gasteiger partial charge is 0.417 e. The van der Waals surface area contributed by atoms with Crippen LogP contribution in [0.4, 0.5) is 13.2 Å². The van der Waals surface area contributed by atoms with Gasteiger partial charge in [0.05, 0.1) is 5.56 Å². The summed E-state index contributed by atoms with van der Waals surface area (Å²) in [5.74, 6) is 0.0255. The summed E-state index contributed by atoms with van der Waals surface area (Å²) in [7, 11) is 0. The van der Waals surface area contributed by atoms with E-state index in [1.54, 1.807) is 0 Å². The number of hydrogen-bond acceptors (Lipinski definition) is 3. The number of hydrogen-bond donors (Lipinski definition) is 1. The van der Waals surface area contributed by atoms with Crippen LogP contribution < -0.4 is 4.74 Å². The van der Waals surface area contributed by atoms with Crippen molar-refractivity contribution in [1.82, 2.24) is 4.98 Å². The summed E-state index contributed by atoms with van der Waals surface area (Å²) < 4.78 is 42.7. The van der Waals surface area contributed by atoms with Crippen LogP contribution in [0, 0.1) is 0 Å². The van der Waals surface area contributed by atoms with Gasteiger partial charge in [-0.2, -0.15) is 13.2 Å². The highest BCUT2D eigenvalue weighted by Gasteiger charge is 2.31. The van der Waals surface area contributed by atoms with E-state index in [9.17, 15) is 18.0 Å². The second kappa shape index (κ2) is 5.95. The van der Waals surface area contributed by atoms with Gasteiger partial charge in [0.15, 0.2) is 0 Å². The van der Waals surface area contributed by atoms with Crippen molar-refractivity contribution in [3.63, 3.8) is 0 Å². The first-order chi connectivity index (χ1) is 9.77. The monoisotopic (exact) mass is 333 g/mol. The number of carbonyl (C=O) groups is 1. The molecule has 0 aliphatic carbocycles. The van der Waals surface area contributed by atoms with Gasteiger partial charge in [-0.25, -0.2) is 4.98 Å². The van der Waals surface area contributed by atoms with Gasteiger partial charge in [0, 0.05) is 11.8 Å². The van der Waals surface area contributed by atoms with Crippen molar-refractivity contribution in [2.24, 2.45) is 0 Å². The molecule has 8 heteroatoms. The Morgan fingerprint density at radius 1 is 1.29 bits per heavy atom. The van der Waals surface area contributed by atoms with Crippen molar-refractivity contribution in [2.45, 2.75) is 6.18 Å². The molecule has 3 nitrogen and oxygen atoms in total. The van der Waals surface area contributed by atoms with E-state index in [-0.39, 0.29) is 22.2 Å². The molecule has 2 aromatic rings. The number of carbonyl (C=O) groups excluding carboxylic acids is 1. The van der Waals surface area contributed by atoms with Crippen molar-refractivity contribution in [3.8, 4) is 11.6 Å². The van der Waals surface area contributed by atoms with Gasteiger partial charge in [0.2, 0.25) is 11.0 Å². The Balaban J connectivity index is 2.28. The molecule has 21 heavy (non-hydrogen) atoms. The average molecular weight is 334 g/mol. The molecular weight excluding hydrogens is 327 g/mol. The summed E-state index contributed by atoms with van der Waals surface area (Å²) in [6, 6.07) is 6.67. The molecule has 2 rings (SSSR count). The first-order valence-corrected chi connectivity index (χ1v) is 6.34. The number of halogens is 4. The standard InChI is InChI=1S/C13H7ClF3NO2S/c14-10-5-8(13(15,16)17)6-18-11(10)20-9-3-1-2-7(4-9)12(19)21/h1-6H,(H,19,21). The minimum atomic E-state index is -4.53. The molecule has 0 radical (unpaired) electrons. The zero-order valence-corrected chi connectivity index (χ0v) is 11.8. The molecule has 0 amide bonds. The van der Waals surface area contributed by atoms with Gasteiger partial charge in [0.25, 0.3) is 0 Å². The molecule has 0 saturated heterocycles. The van der Waals surface area contributed by atoms with Gasteiger partial charge in [-0.3, -0.25) is 4.79 Å². The fraction of sp³-hybridized carbons (Fsp3) is 0.0769. The minimum Gasteiger partial charge on any atom is -0.438 e. The Morgan fingerprint density at radius 2 is 2.00 bits per heavy atom. The number of nitrogens with zero attached hydrogens (tertiary/aromatic N) is 1. The first kappa shape index (κ1) is 15.7. The van der Waals surface area contributed by atoms with Crippen molar-refractivity contribution in [1.29, 1.82) is 0 Å². The summed E-state index contributed by atoms with van der Waals surface area (Å²) in [5.41, 5.74) is -0.696. The summed E-state index contributed by atoms with van der Waals surface area (Å²) in [6.07, 6.45) is -3.91. The van der Waals surface area contributed by atoms with Crippen molar-refractivity contribution in [3.05, 3.63) is 52.7 Å². The topological polar surface area (TPSA) is 39.2 Å². The second-order valence-electron chi connectivity index (χ2n) is 3.94. The van der Waals surface area contributed by atoms with E-state index in [4.69, 9.17) is 16.3 Å². The zero-order valence-electron chi connectivity index (χ0n) is 10.2. The number of benzene rings is 1. The van der Waals surface area contributed by atoms with Crippen LogP contribution in [0.5, 0.6) is 11.6 Å². The third-order valence-electron chi connectivity index (χ3n) is 2.43. The lowest BCUT2D eigenvalue weighted by Gasteiger charge is -2.10. The predicted octanol–water partition coefficient (Wildman–Crippen LogP) is 4.62. The van der Waals surface area contributed by atoms with Crippen molar-refractivity contribution < 1.29 is 22.7 Å². The maximum absolute atomic E-state index is 12.5. The molecule has 0 aliphatic rings. The Morgan fingerprint density at radius 3 is 2.57 bits per heavy atom. The highest BCUT2D eigenvalue weighted by atomic mass is 35.5. The quantitative estimate of drug-likeness (QED) is 0.833. The summed E-state index contributed by atoms with van der Waals surface area (Å²) in [4.78, 5) is 14.7. The van der Waals surface area contributed by atoms with Crippen molar-refractivity contribution >= 4 is 29.3 Å². The molecule has 0 atom stereocenters. The van der Waals surface area contributed by atoms with Crippen LogP contribution in [-0.4, -0.2) is 10.1 Å². The molecule has 0 unspecified atom stereocenters. The molecule has 1 aromatic carbocycles. The number of pyridine rings is 1. The molecule has 0 aliphatic heterocycles. The van der Waals surface area contributed by atoms with Crippen LogP contribution in [0.1, 0.15) is 15.9 Å². The summed E-state index contributed by atoms with van der Waals surface area (Å²) >= 11 is 9.38. The highest BCUT2D eigenvalue weighted by molar-refractivity contribution is 7.97. The number of thiol groups is 1. The van der Waals surface area contributed by atoms with E-state index < -0.39 is 16.9 Å². The fourth-order valence-electron chi connectivity index (χ4n) is 1.46. The average Bonchev–Trinajstić information content (AvgIpc) is 2.40. The molecule has 0 N–H and O–H groups in total. The predicted molar refractivity (Wildman–Crippen MR) is 74.1 cm³/mol. The number of alkyl halides is 3. The summed E-state index contributed by atoms with van der Waals surface area (Å²) in [5, 5.41) is -0.751. The Kier molecular flexibility index (Phi) is 4.43. The maximum Gasteiger partial charge on any atom is 0.417 e. The normalized spacial score (nSPS) is 11.3. The third kappa shape index (κ3) is 3.89. The Hall–Kier alpha value is -1.73. The van der Waals surface area contributed by atoms with Gasteiger partial charge in [-0.1, -0.05) is 23.7 Å². The number of ether oxygens (including phenoxy) is 1. The largest absolute Gasteiger partial charge is 0.438 e. The van der Waals surface area contributed by atoms with Crippen LogP contribution in [-0.2, 0) is 6.18 Å². The van der Waals surface area contributed by atoms with Crippen LogP contribution in [0.2, 0.25) is 5.02 Å². The van der Waals surface area contributed by atoms with E-state index in [1.807, 2.05) is 0 Å². The number of aromatic nitrogens is 1. The van der Waals surface area contributed by atoms with Crippen LogP contribution in [0.15, 0.2) is 36.5 Å². The summed E-state index contributed by atoms with van der Waals surface area (Å²) in [6.45, 7) is 0. The van der Waals surface area contributed by atoms with Crippen molar-refractivity contribution in [2.75, 3.05) is 0 Å². The molecule has 110 valence electrons. The third-order valence-corrected chi connectivity index (χ3v) is 2.96. The van der Waals surface area contributed by atoms with Crippen LogP contribution >= 0.6 is 24.2 Å². The van der Waals surface area contributed by atoms with E-state index >= 15 is 0 Å². The maximum atomic E-state index is 12.5. The molecule has 1 aromatic heterocycles. The second-order valence-corrected chi connectivity index (χ2v) is 4.76. The molecular formula is C13H7ClF3NO2S. The molecule has 0 fully saturated rings. The van der Waals surface area contributed by atoms with E-state index in [2.05, 4.69) is 17.6 Å². The lowest BCUT2D eigenvalue weighted by molar-refractivity contribution is -0.137. The van der Waals surface area contributed by atoms with E-state index in [0.717, 1.165) is 6.07 Å². The van der Waals surface area contributed by atoms with Crippen LogP contribution in [0.25, 0.3) is 0 Å². The lowest BCUT2D eigenvalue weighted by Crippen LogP contribution is -2.05. The minimum absolute atomic E-state index is 0.187. The molecule has 0 saturated carbocycles. The SMILES string of the molecule is O=C(S)c1cccc(Oc2ncc(C(F)(F)F)cc2Cl)c1. The number of rotatable bonds is 3. The van der Waals surface area contributed by atoms with Gasteiger partial charge < -0.3 is 4.74 Å². The Labute approximate surface area is 128 Å². The van der Waals surface area contributed by atoms with Gasteiger partial charge in [0.1, 0.15) is 10.8 Å². The van der Waals surface area contributed by atoms with Gasteiger partial charge in [-0.05, 0) is 18.2 Å². The lowest BCUT2D eigenvalue weighted by atomic mass is 10.2. The van der Waals surface area contributed by atoms with E-state index in [1.165, 1.54) is 24.3 Å². The first-order valence-electron chi connectivity index (χ1n) is 5.51. The van der Waals surface area contributed by atoms with Crippen LogP contribution in [0.3, 0.4) is 0 Å². The molecule has 1 heterocycles. The van der Waals surface area contributed by atoms with Gasteiger partial charge >= 0.3 is 6.18 Å². The zero-order chi connectivity index (χ0) is 15.6. The Bertz CT molecular complexity index is 691. The molecule has 0 spiro atoms. The fourth-order valence-corrected chi connectivity index (χ4v) is 1.80. The molecule has 0 bridgehead atoms. The highest BCUT2D eigenvalue weighted by Crippen LogP contribution is 2.34. The van der Waals surface area contributed by atoms with E-state index in [0.29, 0.717) is 6.20 Å². The van der Waals surface area contributed by atoms with Gasteiger partial charge in [-0.15, -0.1) is 12.6 Å².